The van der Waals surface area contributed by atoms with Gasteiger partial charge in [-0.25, -0.2) is 0 Å². The lowest BCUT2D eigenvalue weighted by Gasteiger charge is -2.24. The zero-order valence-electron chi connectivity index (χ0n) is 11.3. The van der Waals surface area contributed by atoms with Crippen molar-refractivity contribution in [3.63, 3.8) is 0 Å². The molecule has 2 heteroatoms. The Labute approximate surface area is 115 Å². The van der Waals surface area contributed by atoms with Crippen LogP contribution in [-0.4, -0.2) is 16.8 Å². The van der Waals surface area contributed by atoms with E-state index in [1.807, 2.05) is 18.2 Å². The summed E-state index contributed by atoms with van der Waals surface area (Å²) in [5.41, 5.74) is 1.24. The monoisotopic (exact) mass is 255 g/mol. The Balaban J connectivity index is 1.63. The summed E-state index contributed by atoms with van der Waals surface area (Å²) >= 11 is 0. The van der Waals surface area contributed by atoms with Gasteiger partial charge in [0.05, 0.1) is 0 Å². The van der Waals surface area contributed by atoms with Crippen LogP contribution in [0.15, 0.2) is 42.5 Å². The van der Waals surface area contributed by atoms with E-state index >= 15 is 0 Å². The highest BCUT2D eigenvalue weighted by atomic mass is 16.2. The minimum Gasteiger partial charge on any atom is -0.335 e. The number of allylic oxidation sites excluding steroid dienone is 2. The molecular formula is C17H21NO. The van der Waals surface area contributed by atoms with Crippen LogP contribution < -0.4 is 0 Å². The average Bonchev–Trinajstić information content (AvgIpc) is 3.15. The second-order valence-electron chi connectivity index (χ2n) is 5.71. The van der Waals surface area contributed by atoms with Crippen molar-refractivity contribution in [2.45, 2.75) is 44.7 Å². The summed E-state index contributed by atoms with van der Waals surface area (Å²) in [6.07, 6.45) is 9.76. The third kappa shape index (κ3) is 3.25. The first-order chi connectivity index (χ1) is 9.33. The topological polar surface area (TPSA) is 20.3 Å². The zero-order valence-corrected chi connectivity index (χ0v) is 11.3. The Morgan fingerprint density at radius 2 is 1.95 bits per heavy atom. The van der Waals surface area contributed by atoms with E-state index in [4.69, 9.17) is 0 Å². The fourth-order valence-electron chi connectivity index (χ4n) is 2.79. The van der Waals surface area contributed by atoms with Gasteiger partial charge in [-0.3, -0.25) is 4.79 Å². The number of carbonyl (C=O) groups excluding carboxylic acids is 1. The number of nitrogens with zero attached hydrogens (tertiary/aromatic N) is 1. The van der Waals surface area contributed by atoms with Crippen molar-refractivity contribution in [1.82, 2.24) is 4.90 Å². The summed E-state index contributed by atoms with van der Waals surface area (Å²) in [7, 11) is 0. The third-order valence-corrected chi connectivity index (χ3v) is 4.05. The van der Waals surface area contributed by atoms with Crippen molar-refractivity contribution < 1.29 is 4.79 Å². The Hall–Kier alpha value is -1.57. The molecule has 0 heterocycles. The van der Waals surface area contributed by atoms with Crippen molar-refractivity contribution in [3.8, 4) is 0 Å². The molecule has 19 heavy (non-hydrogen) atoms. The fraction of sp³-hybridized carbons (Fsp3) is 0.471. The van der Waals surface area contributed by atoms with Crippen LogP contribution in [-0.2, 0) is 11.3 Å². The van der Waals surface area contributed by atoms with E-state index in [-0.39, 0.29) is 0 Å². The standard InChI is InChI=1S/C17H21NO/c19-17(12-14-6-4-5-7-14)18(16-10-11-16)13-15-8-2-1-3-9-15/h1-4,6,8-9,14,16H,5,7,10-13H2. The molecule has 1 aromatic carbocycles. The minimum absolute atomic E-state index is 0.336. The van der Waals surface area contributed by atoms with Gasteiger partial charge in [0.15, 0.2) is 0 Å². The summed E-state index contributed by atoms with van der Waals surface area (Å²) < 4.78 is 0. The molecule has 1 unspecified atom stereocenters. The summed E-state index contributed by atoms with van der Waals surface area (Å²) in [5.74, 6) is 0.812. The van der Waals surface area contributed by atoms with Gasteiger partial charge in [-0.1, -0.05) is 42.5 Å². The maximum Gasteiger partial charge on any atom is 0.223 e. The first kappa shape index (κ1) is 12.5. The van der Waals surface area contributed by atoms with E-state index in [0.29, 0.717) is 24.3 Å². The number of benzene rings is 1. The average molecular weight is 255 g/mol. The van der Waals surface area contributed by atoms with Crippen molar-refractivity contribution in [1.29, 1.82) is 0 Å². The van der Waals surface area contributed by atoms with Crippen LogP contribution in [0.1, 0.15) is 37.7 Å². The largest absolute Gasteiger partial charge is 0.335 e. The summed E-state index contributed by atoms with van der Waals surface area (Å²) in [4.78, 5) is 14.6. The Morgan fingerprint density at radius 1 is 1.16 bits per heavy atom. The van der Waals surface area contributed by atoms with Crippen LogP contribution in [0, 0.1) is 5.92 Å². The van der Waals surface area contributed by atoms with Crippen LogP contribution in [0.5, 0.6) is 0 Å². The van der Waals surface area contributed by atoms with Crippen molar-refractivity contribution >= 4 is 5.91 Å². The molecule has 1 atom stereocenters. The van der Waals surface area contributed by atoms with Crippen LogP contribution >= 0.6 is 0 Å². The summed E-state index contributed by atoms with van der Waals surface area (Å²) in [5, 5.41) is 0. The number of hydrogen-bond acceptors (Lipinski definition) is 1. The molecule has 0 aliphatic heterocycles. The fourth-order valence-corrected chi connectivity index (χ4v) is 2.79. The molecule has 0 spiro atoms. The maximum absolute atomic E-state index is 12.5. The zero-order chi connectivity index (χ0) is 13.1. The van der Waals surface area contributed by atoms with Gasteiger partial charge >= 0.3 is 0 Å². The van der Waals surface area contributed by atoms with Crippen molar-refractivity contribution in [3.05, 3.63) is 48.0 Å². The predicted molar refractivity (Wildman–Crippen MR) is 76.5 cm³/mol. The van der Waals surface area contributed by atoms with E-state index in [1.54, 1.807) is 0 Å². The summed E-state index contributed by atoms with van der Waals surface area (Å²) in [6, 6.07) is 10.8. The van der Waals surface area contributed by atoms with Gasteiger partial charge < -0.3 is 4.90 Å². The molecule has 2 aliphatic carbocycles. The number of carbonyl (C=O) groups is 1. The van der Waals surface area contributed by atoms with Gasteiger partial charge in [0, 0.05) is 19.0 Å². The second kappa shape index (κ2) is 5.60. The number of amides is 1. The third-order valence-electron chi connectivity index (χ3n) is 4.05. The molecule has 2 aliphatic rings. The molecule has 0 aromatic heterocycles. The van der Waals surface area contributed by atoms with E-state index in [2.05, 4.69) is 29.2 Å². The molecule has 0 radical (unpaired) electrons. The molecule has 1 saturated carbocycles. The van der Waals surface area contributed by atoms with Gasteiger partial charge in [-0.2, -0.15) is 0 Å². The van der Waals surface area contributed by atoms with E-state index in [9.17, 15) is 4.79 Å². The lowest BCUT2D eigenvalue weighted by Crippen LogP contribution is -2.33. The van der Waals surface area contributed by atoms with Crippen LogP contribution in [0.3, 0.4) is 0 Å². The molecule has 100 valence electrons. The quantitative estimate of drug-likeness (QED) is 0.737. The lowest BCUT2D eigenvalue weighted by molar-refractivity contribution is -0.133. The minimum atomic E-state index is 0.336. The Kier molecular flexibility index (Phi) is 3.67. The van der Waals surface area contributed by atoms with Crippen LogP contribution in [0.25, 0.3) is 0 Å². The number of hydrogen-bond donors (Lipinski definition) is 0. The summed E-state index contributed by atoms with van der Waals surface area (Å²) in [6.45, 7) is 0.779. The molecule has 1 amide bonds. The number of rotatable bonds is 5. The first-order valence-corrected chi connectivity index (χ1v) is 7.33. The Bertz CT molecular complexity index is 461. The van der Waals surface area contributed by atoms with Crippen LogP contribution in [0.4, 0.5) is 0 Å². The van der Waals surface area contributed by atoms with Gasteiger partial charge in [-0.15, -0.1) is 0 Å². The molecule has 0 saturated heterocycles. The van der Waals surface area contributed by atoms with E-state index in [0.717, 1.165) is 19.4 Å². The van der Waals surface area contributed by atoms with Gasteiger partial charge in [0.2, 0.25) is 5.91 Å². The lowest BCUT2D eigenvalue weighted by atomic mass is 10.0. The van der Waals surface area contributed by atoms with Gasteiger partial charge in [0.1, 0.15) is 0 Å². The normalized spacial score (nSPS) is 21.6. The molecule has 0 bridgehead atoms. The molecule has 1 aromatic rings. The van der Waals surface area contributed by atoms with Gasteiger partial charge in [-0.05, 0) is 37.2 Å². The SMILES string of the molecule is O=C(CC1C=CCC1)N(Cc1ccccc1)C1CC1. The van der Waals surface area contributed by atoms with E-state index in [1.165, 1.54) is 18.4 Å². The molecule has 2 nitrogen and oxygen atoms in total. The molecule has 0 N–H and O–H groups in total. The van der Waals surface area contributed by atoms with E-state index < -0.39 is 0 Å². The molecule has 1 fully saturated rings. The predicted octanol–water partition coefficient (Wildman–Crippen LogP) is 3.53. The Morgan fingerprint density at radius 3 is 2.58 bits per heavy atom. The molecular weight excluding hydrogens is 234 g/mol. The first-order valence-electron chi connectivity index (χ1n) is 7.33. The van der Waals surface area contributed by atoms with Crippen LogP contribution in [0.2, 0.25) is 0 Å². The highest BCUT2D eigenvalue weighted by Crippen LogP contribution is 2.30. The van der Waals surface area contributed by atoms with Crippen molar-refractivity contribution in [2.75, 3.05) is 0 Å². The molecule has 3 rings (SSSR count). The highest BCUT2D eigenvalue weighted by Gasteiger charge is 2.33. The maximum atomic E-state index is 12.5. The second-order valence-corrected chi connectivity index (χ2v) is 5.71. The van der Waals surface area contributed by atoms with Crippen molar-refractivity contribution in [2.24, 2.45) is 5.92 Å². The smallest absolute Gasteiger partial charge is 0.223 e. The van der Waals surface area contributed by atoms with Gasteiger partial charge in [0.25, 0.3) is 0 Å². The highest BCUT2D eigenvalue weighted by molar-refractivity contribution is 5.77.